The number of anilines is 1. The Hall–Kier alpha value is -2.39. The van der Waals surface area contributed by atoms with Crippen LogP contribution in [0.15, 0.2) is 16.9 Å². The van der Waals surface area contributed by atoms with Crippen LogP contribution >= 0.6 is 11.6 Å². The number of aryl methyl sites for hydroxylation is 1. The molecular weight excluding hydrogens is 398 g/mol. The maximum atomic E-state index is 12.6. The second-order valence-corrected chi connectivity index (χ2v) is 8.64. The summed E-state index contributed by atoms with van der Waals surface area (Å²) >= 11 is 6.08. The number of pyridine rings is 1. The Morgan fingerprint density at radius 1 is 1.31 bits per heavy atom. The number of carbonyl (C=O) groups is 1. The maximum Gasteiger partial charge on any atom is 0.410 e. The van der Waals surface area contributed by atoms with E-state index in [9.17, 15) is 14.7 Å². The number of piperazine rings is 1. The van der Waals surface area contributed by atoms with Gasteiger partial charge >= 0.3 is 11.8 Å². The molecule has 1 aliphatic rings. The Bertz CT molecular complexity index is 987. The van der Waals surface area contributed by atoms with Crippen molar-refractivity contribution in [1.29, 1.82) is 0 Å². The molecule has 3 heterocycles. The molecule has 29 heavy (non-hydrogen) atoms. The standard InChI is InChI=1S/C19H26ClN5O4/c1-11-8-25(12(10-26)9-24(11)18(28)29-19(2,3)4)16-15-13(6-7-14(20)21-15)23(5)17(27)22-16/h6-7,11-12,26H,8-10H2,1-5H3/t11-,12-/m1/s1. The molecule has 0 spiro atoms. The summed E-state index contributed by atoms with van der Waals surface area (Å²) in [7, 11) is 1.61. The van der Waals surface area contributed by atoms with Crippen molar-refractivity contribution >= 4 is 34.5 Å². The van der Waals surface area contributed by atoms with Gasteiger partial charge in [0, 0.05) is 26.2 Å². The normalized spacial score (nSPS) is 20.2. The molecule has 0 saturated carbocycles. The lowest BCUT2D eigenvalue weighted by atomic mass is 10.1. The van der Waals surface area contributed by atoms with E-state index in [4.69, 9.17) is 16.3 Å². The summed E-state index contributed by atoms with van der Waals surface area (Å²) in [4.78, 5) is 37.0. The van der Waals surface area contributed by atoms with Crippen LogP contribution in [0.3, 0.4) is 0 Å². The molecule has 1 N–H and O–H groups in total. The maximum absolute atomic E-state index is 12.6. The quantitative estimate of drug-likeness (QED) is 0.735. The molecule has 0 aliphatic carbocycles. The third-order valence-corrected chi connectivity index (χ3v) is 5.06. The molecule has 2 aromatic heterocycles. The molecule has 0 bridgehead atoms. The highest BCUT2D eigenvalue weighted by atomic mass is 35.5. The third-order valence-electron chi connectivity index (χ3n) is 4.85. The molecule has 10 heteroatoms. The van der Waals surface area contributed by atoms with Gasteiger partial charge < -0.3 is 19.6 Å². The van der Waals surface area contributed by atoms with E-state index < -0.39 is 23.4 Å². The molecule has 0 aromatic carbocycles. The minimum absolute atomic E-state index is 0.228. The largest absolute Gasteiger partial charge is 0.444 e. The van der Waals surface area contributed by atoms with Gasteiger partial charge in [0.1, 0.15) is 16.3 Å². The molecule has 1 fully saturated rings. The average molecular weight is 424 g/mol. The Morgan fingerprint density at radius 3 is 2.62 bits per heavy atom. The van der Waals surface area contributed by atoms with Crippen molar-refractivity contribution in [2.75, 3.05) is 24.6 Å². The predicted octanol–water partition coefficient (Wildman–Crippen LogP) is 1.79. The van der Waals surface area contributed by atoms with Crippen LogP contribution in [0.5, 0.6) is 0 Å². The van der Waals surface area contributed by atoms with E-state index in [0.717, 1.165) is 0 Å². The zero-order valence-electron chi connectivity index (χ0n) is 17.2. The second-order valence-electron chi connectivity index (χ2n) is 8.25. The number of amides is 1. The number of hydrogen-bond acceptors (Lipinski definition) is 7. The van der Waals surface area contributed by atoms with Crippen LogP contribution in [-0.4, -0.2) is 68.0 Å². The number of rotatable bonds is 2. The summed E-state index contributed by atoms with van der Waals surface area (Å²) in [5, 5.41) is 10.3. The summed E-state index contributed by atoms with van der Waals surface area (Å²) in [6.07, 6.45) is -0.439. The fourth-order valence-corrected chi connectivity index (χ4v) is 3.56. The number of fused-ring (bicyclic) bond motifs is 1. The van der Waals surface area contributed by atoms with Gasteiger partial charge in [-0.3, -0.25) is 4.57 Å². The zero-order valence-corrected chi connectivity index (χ0v) is 18.0. The molecular formula is C19H26ClN5O4. The van der Waals surface area contributed by atoms with E-state index >= 15 is 0 Å². The van der Waals surface area contributed by atoms with Gasteiger partial charge in [-0.1, -0.05) is 11.6 Å². The molecule has 2 aromatic rings. The average Bonchev–Trinajstić information content (AvgIpc) is 2.62. The van der Waals surface area contributed by atoms with E-state index in [2.05, 4.69) is 9.97 Å². The summed E-state index contributed by atoms with van der Waals surface area (Å²) in [6, 6.07) is 2.63. The number of aliphatic hydroxyl groups excluding tert-OH is 1. The Labute approximate surface area is 173 Å². The summed E-state index contributed by atoms with van der Waals surface area (Å²) in [5.74, 6) is 0.348. The van der Waals surface area contributed by atoms with Crippen molar-refractivity contribution in [2.45, 2.75) is 45.4 Å². The first-order valence-corrected chi connectivity index (χ1v) is 9.80. The molecule has 9 nitrogen and oxygen atoms in total. The van der Waals surface area contributed by atoms with Gasteiger partial charge in [-0.15, -0.1) is 0 Å². The molecule has 0 unspecified atom stereocenters. The molecule has 1 amide bonds. The molecule has 158 valence electrons. The first-order valence-electron chi connectivity index (χ1n) is 9.42. The molecule has 1 aliphatic heterocycles. The number of aliphatic hydroxyl groups is 1. The highest BCUT2D eigenvalue weighted by Gasteiger charge is 2.37. The fourth-order valence-electron chi connectivity index (χ4n) is 3.41. The third kappa shape index (κ3) is 4.30. The Balaban J connectivity index is 2.00. The van der Waals surface area contributed by atoms with Gasteiger partial charge in [-0.05, 0) is 39.8 Å². The highest BCUT2D eigenvalue weighted by molar-refractivity contribution is 6.29. The predicted molar refractivity (Wildman–Crippen MR) is 110 cm³/mol. The van der Waals surface area contributed by atoms with Crippen molar-refractivity contribution in [2.24, 2.45) is 7.05 Å². The van der Waals surface area contributed by atoms with Gasteiger partial charge in [-0.25, -0.2) is 14.6 Å². The van der Waals surface area contributed by atoms with Crippen LogP contribution in [0.1, 0.15) is 27.7 Å². The monoisotopic (exact) mass is 423 g/mol. The van der Waals surface area contributed by atoms with Crippen molar-refractivity contribution < 1.29 is 14.6 Å². The minimum atomic E-state index is -0.618. The van der Waals surface area contributed by atoms with Gasteiger partial charge in [0.2, 0.25) is 0 Å². The summed E-state index contributed by atoms with van der Waals surface area (Å²) in [5.41, 5.74) is 0.00187. The van der Waals surface area contributed by atoms with Crippen molar-refractivity contribution in [3.63, 3.8) is 0 Å². The van der Waals surface area contributed by atoms with Crippen LogP contribution in [0.4, 0.5) is 10.6 Å². The van der Waals surface area contributed by atoms with Crippen molar-refractivity contribution in [1.82, 2.24) is 19.4 Å². The van der Waals surface area contributed by atoms with Crippen molar-refractivity contribution in [3.8, 4) is 0 Å². The van der Waals surface area contributed by atoms with Gasteiger partial charge in [0.25, 0.3) is 0 Å². The van der Waals surface area contributed by atoms with E-state index in [1.165, 1.54) is 4.57 Å². The van der Waals surface area contributed by atoms with Crippen LogP contribution in [0.2, 0.25) is 5.15 Å². The first-order chi connectivity index (χ1) is 13.5. The summed E-state index contributed by atoms with van der Waals surface area (Å²) in [6.45, 7) is 7.65. The number of carbonyl (C=O) groups excluding carboxylic acids is 1. The summed E-state index contributed by atoms with van der Waals surface area (Å²) < 4.78 is 6.89. The number of halogens is 1. The van der Waals surface area contributed by atoms with Crippen molar-refractivity contribution in [3.05, 3.63) is 27.8 Å². The lowest BCUT2D eigenvalue weighted by Crippen LogP contribution is -2.61. The SMILES string of the molecule is C[C@@H]1CN(c2nc(=O)n(C)c3ccc(Cl)nc23)[C@@H](CO)CN1C(=O)OC(C)(C)C. The highest BCUT2D eigenvalue weighted by Crippen LogP contribution is 2.28. The zero-order chi connectivity index (χ0) is 21.5. The molecule has 1 saturated heterocycles. The van der Waals surface area contributed by atoms with Gasteiger partial charge in [0.15, 0.2) is 5.82 Å². The van der Waals surface area contributed by atoms with Crippen LogP contribution < -0.4 is 10.6 Å². The topological polar surface area (TPSA) is 101 Å². The Kier molecular flexibility index (Phi) is 5.73. The van der Waals surface area contributed by atoms with Crippen LogP contribution in [-0.2, 0) is 11.8 Å². The van der Waals surface area contributed by atoms with E-state index in [0.29, 0.717) is 23.4 Å². The lowest BCUT2D eigenvalue weighted by Gasteiger charge is -2.45. The smallest absolute Gasteiger partial charge is 0.410 e. The van der Waals surface area contributed by atoms with Gasteiger partial charge in [-0.2, -0.15) is 4.98 Å². The van der Waals surface area contributed by atoms with E-state index in [-0.39, 0.29) is 24.3 Å². The number of nitrogens with zero attached hydrogens (tertiary/aromatic N) is 5. The Morgan fingerprint density at radius 2 is 2.00 bits per heavy atom. The van der Waals surface area contributed by atoms with Gasteiger partial charge in [0.05, 0.1) is 18.2 Å². The number of aromatic nitrogens is 3. The second kappa shape index (κ2) is 7.79. The molecule has 0 radical (unpaired) electrons. The fraction of sp³-hybridized carbons (Fsp3) is 0.579. The molecule has 2 atom stereocenters. The lowest BCUT2D eigenvalue weighted by molar-refractivity contribution is 0.0103. The first kappa shape index (κ1) is 21.3. The van der Waals surface area contributed by atoms with E-state index in [1.807, 2.05) is 11.8 Å². The van der Waals surface area contributed by atoms with Crippen LogP contribution in [0.25, 0.3) is 11.0 Å². The number of hydrogen-bond donors (Lipinski definition) is 1. The van der Waals surface area contributed by atoms with E-state index in [1.54, 1.807) is 44.9 Å². The molecule has 3 rings (SSSR count). The van der Waals surface area contributed by atoms with Crippen LogP contribution in [0, 0.1) is 0 Å². The minimum Gasteiger partial charge on any atom is -0.444 e. The number of ether oxygens (including phenoxy) is 1.